The molecule has 6 nitrogen and oxygen atoms in total. The standard InChI is InChI=1S/C16H15N5O/c22-16(13-8-12-2-5-17-10-15(12)18-9-13)20-7-3-14(11-20)21-6-1-4-19-21/h1-2,4-6,8-10,14H,3,7,11H2. The van der Waals surface area contributed by atoms with E-state index in [2.05, 4.69) is 15.1 Å². The number of carbonyl (C=O) groups excluding carboxylic acids is 1. The van der Waals surface area contributed by atoms with Crippen LogP contribution in [0.25, 0.3) is 10.9 Å². The Balaban J connectivity index is 1.56. The van der Waals surface area contributed by atoms with Gasteiger partial charge in [-0.3, -0.25) is 19.4 Å². The highest BCUT2D eigenvalue weighted by Gasteiger charge is 2.28. The van der Waals surface area contributed by atoms with E-state index in [4.69, 9.17) is 0 Å². The Kier molecular flexibility index (Phi) is 3.07. The number of carbonyl (C=O) groups is 1. The van der Waals surface area contributed by atoms with Crippen molar-refractivity contribution in [2.24, 2.45) is 0 Å². The van der Waals surface area contributed by atoms with Crippen LogP contribution in [-0.4, -0.2) is 43.6 Å². The average molecular weight is 293 g/mol. The van der Waals surface area contributed by atoms with Crippen LogP contribution >= 0.6 is 0 Å². The zero-order chi connectivity index (χ0) is 14.9. The Labute approximate surface area is 127 Å². The summed E-state index contributed by atoms with van der Waals surface area (Å²) in [6, 6.07) is 5.92. The Morgan fingerprint density at radius 1 is 1.27 bits per heavy atom. The van der Waals surface area contributed by atoms with Crippen molar-refractivity contribution in [2.75, 3.05) is 13.1 Å². The topological polar surface area (TPSA) is 63.9 Å². The molecule has 6 heteroatoms. The fraction of sp³-hybridized carbons (Fsp3) is 0.250. The monoisotopic (exact) mass is 293 g/mol. The van der Waals surface area contributed by atoms with Crippen molar-refractivity contribution in [2.45, 2.75) is 12.5 Å². The van der Waals surface area contributed by atoms with Crippen molar-refractivity contribution in [1.29, 1.82) is 0 Å². The molecule has 0 bridgehead atoms. The molecule has 4 heterocycles. The molecule has 1 saturated heterocycles. The zero-order valence-electron chi connectivity index (χ0n) is 12.0. The number of likely N-dealkylation sites (tertiary alicyclic amines) is 1. The molecule has 22 heavy (non-hydrogen) atoms. The van der Waals surface area contributed by atoms with Crippen LogP contribution in [-0.2, 0) is 0 Å². The third kappa shape index (κ3) is 2.22. The molecule has 0 aliphatic carbocycles. The summed E-state index contributed by atoms with van der Waals surface area (Å²) >= 11 is 0. The molecular weight excluding hydrogens is 278 g/mol. The molecule has 0 radical (unpaired) electrons. The van der Waals surface area contributed by atoms with Gasteiger partial charge in [0.25, 0.3) is 5.91 Å². The van der Waals surface area contributed by atoms with Crippen molar-refractivity contribution < 1.29 is 4.79 Å². The number of amides is 1. The highest BCUT2D eigenvalue weighted by Crippen LogP contribution is 2.23. The Hall–Kier alpha value is -2.76. The van der Waals surface area contributed by atoms with E-state index in [0.29, 0.717) is 12.1 Å². The minimum Gasteiger partial charge on any atom is -0.336 e. The van der Waals surface area contributed by atoms with Crippen molar-refractivity contribution >= 4 is 16.8 Å². The van der Waals surface area contributed by atoms with Gasteiger partial charge in [0.05, 0.1) is 23.3 Å². The number of rotatable bonds is 2. The Bertz CT molecular complexity index is 814. The molecule has 1 aliphatic rings. The van der Waals surface area contributed by atoms with Gasteiger partial charge in [-0.15, -0.1) is 0 Å². The number of aromatic nitrogens is 4. The van der Waals surface area contributed by atoms with E-state index >= 15 is 0 Å². The van der Waals surface area contributed by atoms with Crippen molar-refractivity contribution in [3.63, 3.8) is 0 Å². The average Bonchev–Trinajstić information content (AvgIpc) is 3.24. The number of nitrogens with zero attached hydrogens (tertiary/aromatic N) is 5. The fourth-order valence-electron chi connectivity index (χ4n) is 2.91. The summed E-state index contributed by atoms with van der Waals surface area (Å²) < 4.78 is 1.93. The van der Waals surface area contributed by atoms with Gasteiger partial charge in [0, 0.05) is 43.3 Å². The van der Waals surface area contributed by atoms with Crippen LogP contribution in [0, 0.1) is 0 Å². The van der Waals surface area contributed by atoms with Gasteiger partial charge in [0.1, 0.15) is 0 Å². The summed E-state index contributed by atoms with van der Waals surface area (Å²) in [6.45, 7) is 1.44. The molecule has 3 aromatic heterocycles. The molecule has 0 saturated carbocycles. The molecule has 1 amide bonds. The molecule has 1 atom stereocenters. The third-order valence-corrected chi connectivity index (χ3v) is 4.08. The van der Waals surface area contributed by atoms with Gasteiger partial charge in [-0.1, -0.05) is 0 Å². The van der Waals surface area contributed by atoms with E-state index in [9.17, 15) is 4.79 Å². The molecule has 3 aromatic rings. The van der Waals surface area contributed by atoms with E-state index in [1.54, 1.807) is 24.8 Å². The smallest absolute Gasteiger partial charge is 0.255 e. The van der Waals surface area contributed by atoms with Crippen LogP contribution in [0.4, 0.5) is 0 Å². The lowest BCUT2D eigenvalue weighted by Crippen LogP contribution is -2.29. The quantitative estimate of drug-likeness (QED) is 0.724. The van der Waals surface area contributed by atoms with Gasteiger partial charge in [-0.25, -0.2) is 0 Å². The molecule has 1 aliphatic heterocycles. The minimum atomic E-state index is 0.0286. The Morgan fingerprint density at radius 3 is 3.09 bits per heavy atom. The second kappa shape index (κ2) is 5.22. The van der Waals surface area contributed by atoms with Gasteiger partial charge >= 0.3 is 0 Å². The van der Waals surface area contributed by atoms with Crippen LogP contribution in [0.5, 0.6) is 0 Å². The number of fused-ring (bicyclic) bond motifs is 1. The molecule has 1 unspecified atom stereocenters. The first-order valence-corrected chi connectivity index (χ1v) is 7.29. The van der Waals surface area contributed by atoms with Crippen molar-refractivity contribution in [1.82, 2.24) is 24.6 Å². The van der Waals surface area contributed by atoms with Crippen LogP contribution in [0.1, 0.15) is 22.8 Å². The summed E-state index contributed by atoms with van der Waals surface area (Å²) in [5.41, 5.74) is 1.43. The lowest BCUT2D eigenvalue weighted by atomic mass is 10.2. The predicted molar refractivity (Wildman–Crippen MR) is 81.3 cm³/mol. The van der Waals surface area contributed by atoms with E-state index in [-0.39, 0.29) is 11.9 Å². The molecular formula is C16H15N5O. The highest BCUT2D eigenvalue weighted by atomic mass is 16.2. The largest absolute Gasteiger partial charge is 0.336 e. The van der Waals surface area contributed by atoms with Gasteiger partial charge in [0.2, 0.25) is 0 Å². The first-order valence-electron chi connectivity index (χ1n) is 7.29. The lowest BCUT2D eigenvalue weighted by molar-refractivity contribution is 0.0787. The minimum absolute atomic E-state index is 0.0286. The molecule has 0 aromatic carbocycles. The van der Waals surface area contributed by atoms with Crippen LogP contribution in [0.15, 0.2) is 49.2 Å². The summed E-state index contributed by atoms with van der Waals surface area (Å²) in [6.07, 6.45) is 9.69. The van der Waals surface area contributed by atoms with Gasteiger partial charge in [-0.2, -0.15) is 5.10 Å². The van der Waals surface area contributed by atoms with Gasteiger partial charge in [0.15, 0.2) is 0 Å². The molecule has 0 N–H and O–H groups in total. The number of hydrogen-bond donors (Lipinski definition) is 0. The highest BCUT2D eigenvalue weighted by molar-refractivity contribution is 5.97. The van der Waals surface area contributed by atoms with Crippen molar-refractivity contribution in [3.05, 3.63) is 54.7 Å². The van der Waals surface area contributed by atoms with E-state index in [0.717, 1.165) is 23.9 Å². The van der Waals surface area contributed by atoms with E-state index < -0.39 is 0 Å². The molecule has 1 fully saturated rings. The van der Waals surface area contributed by atoms with Crippen LogP contribution in [0.2, 0.25) is 0 Å². The first-order chi connectivity index (χ1) is 10.8. The Morgan fingerprint density at radius 2 is 2.23 bits per heavy atom. The maximum absolute atomic E-state index is 12.6. The SMILES string of the molecule is O=C(c1cnc2cnccc2c1)N1CCC(n2cccn2)C1. The summed E-state index contributed by atoms with van der Waals surface area (Å²) in [7, 11) is 0. The van der Waals surface area contributed by atoms with Crippen molar-refractivity contribution in [3.8, 4) is 0 Å². The van der Waals surface area contributed by atoms with E-state index in [1.165, 1.54) is 0 Å². The second-order valence-electron chi connectivity index (χ2n) is 5.47. The molecule has 4 rings (SSSR count). The second-order valence-corrected chi connectivity index (χ2v) is 5.47. The lowest BCUT2D eigenvalue weighted by Gasteiger charge is -2.16. The van der Waals surface area contributed by atoms with Gasteiger partial charge < -0.3 is 4.90 Å². The predicted octanol–water partition coefficient (Wildman–Crippen LogP) is 1.91. The van der Waals surface area contributed by atoms with Crippen LogP contribution in [0.3, 0.4) is 0 Å². The number of pyridine rings is 2. The van der Waals surface area contributed by atoms with E-state index in [1.807, 2.05) is 34.0 Å². The maximum Gasteiger partial charge on any atom is 0.255 e. The third-order valence-electron chi connectivity index (χ3n) is 4.08. The maximum atomic E-state index is 12.6. The summed E-state index contributed by atoms with van der Waals surface area (Å²) in [4.78, 5) is 22.9. The zero-order valence-corrected chi connectivity index (χ0v) is 12.0. The van der Waals surface area contributed by atoms with Crippen LogP contribution < -0.4 is 0 Å². The number of hydrogen-bond acceptors (Lipinski definition) is 4. The molecule has 0 spiro atoms. The summed E-state index contributed by atoms with van der Waals surface area (Å²) in [5, 5.41) is 5.20. The molecule has 110 valence electrons. The normalized spacial score (nSPS) is 18.0. The first kappa shape index (κ1) is 12.9. The van der Waals surface area contributed by atoms with Gasteiger partial charge in [-0.05, 0) is 24.6 Å². The summed E-state index contributed by atoms with van der Waals surface area (Å²) in [5.74, 6) is 0.0286. The fourth-order valence-corrected chi connectivity index (χ4v) is 2.91.